The summed E-state index contributed by atoms with van der Waals surface area (Å²) in [4.78, 5) is 0. The number of aryl methyl sites for hydroxylation is 2. The van der Waals surface area contributed by atoms with Gasteiger partial charge in [-0.2, -0.15) is 5.26 Å². The number of rotatable bonds is 4. The lowest BCUT2D eigenvalue weighted by Crippen LogP contribution is -1.97. The van der Waals surface area contributed by atoms with Crippen molar-refractivity contribution in [2.24, 2.45) is 0 Å². The van der Waals surface area contributed by atoms with Gasteiger partial charge in [0.2, 0.25) is 0 Å². The predicted molar refractivity (Wildman–Crippen MR) is 121 cm³/mol. The van der Waals surface area contributed by atoms with E-state index >= 15 is 0 Å². The van der Waals surface area contributed by atoms with Crippen molar-refractivity contribution in [1.82, 2.24) is 4.57 Å². The van der Waals surface area contributed by atoms with Gasteiger partial charge in [0.1, 0.15) is 0 Å². The summed E-state index contributed by atoms with van der Waals surface area (Å²) in [6, 6.07) is 20.9. The van der Waals surface area contributed by atoms with E-state index in [-0.39, 0.29) is 0 Å². The Kier molecular flexibility index (Phi) is 4.86. The highest BCUT2D eigenvalue weighted by Gasteiger charge is 2.15. The van der Waals surface area contributed by atoms with Crippen molar-refractivity contribution in [3.05, 3.63) is 83.0 Å². The highest BCUT2D eigenvalue weighted by Crippen LogP contribution is 2.36. The highest BCUT2D eigenvalue weighted by molar-refractivity contribution is 5.99. The van der Waals surface area contributed by atoms with E-state index in [9.17, 15) is 5.26 Å². The molecule has 0 atom stereocenters. The molecule has 0 aliphatic heterocycles. The van der Waals surface area contributed by atoms with Gasteiger partial charge in [-0.25, -0.2) is 0 Å². The molecule has 0 saturated carbocycles. The van der Waals surface area contributed by atoms with Crippen LogP contribution in [0.25, 0.3) is 27.7 Å². The molecule has 0 unspecified atom stereocenters. The summed E-state index contributed by atoms with van der Waals surface area (Å²) in [7, 11) is 0. The topological polar surface area (TPSA) is 54.7 Å². The smallest absolute Gasteiger partial charge is 0.0991 e. The zero-order valence-electron chi connectivity index (χ0n) is 17.2. The lowest BCUT2D eigenvalue weighted by atomic mass is 9.98. The first kappa shape index (κ1) is 18.8. The molecule has 3 aromatic carbocycles. The summed E-state index contributed by atoms with van der Waals surface area (Å²) >= 11 is 0. The van der Waals surface area contributed by atoms with Gasteiger partial charge in [0.05, 0.1) is 17.1 Å². The summed E-state index contributed by atoms with van der Waals surface area (Å²) in [5.74, 6) is 0. The Bertz CT molecular complexity index is 1260. The minimum absolute atomic E-state index is 0.661. The monoisotopic (exact) mass is 379 g/mol. The molecule has 0 fully saturated rings. The zero-order valence-corrected chi connectivity index (χ0v) is 17.2. The van der Waals surface area contributed by atoms with Crippen LogP contribution in [0.15, 0.2) is 60.8 Å². The van der Waals surface area contributed by atoms with Crippen molar-refractivity contribution < 1.29 is 0 Å². The molecule has 0 bridgehead atoms. The van der Waals surface area contributed by atoms with E-state index in [1.165, 1.54) is 11.1 Å². The lowest BCUT2D eigenvalue weighted by molar-refractivity contribution is 1.02. The number of nitrogens with zero attached hydrogens (tertiary/aromatic N) is 2. The number of nitrogens with two attached hydrogens (primary N) is 1. The third-order valence-electron chi connectivity index (χ3n) is 5.83. The van der Waals surface area contributed by atoms with Gasteiger partial charge in [-0.1, -0.05) is 32.0 Å². The molecule has 144 valence electrons. The fraction of sp³-hybridized carbons (Fsp3) is 0.192. The Morgan fingerprint density at radius 3 is 2.45 bits per heavy atom. The van der Waals surface area contributed by atoms with Crippen molar-refractivity contribution in [3.63, 3.8) is 0 Å². The maximum absolute atomic E-state index is 9.43. The average Bonchev–Trinajstić information content (AvgIpc) is 3.13. The molecular weight excluding hydrogens is 354 g/mol. The Hall–Kier alpha value is -3.51. The van der Waals surface area contributed by atoms with E-state index in [1.807, 2.05) is 37.3 Å². The van der Waals surface area contributed by atoms with Gasteiger partial charge in [-0.3, -0.25) is 0 Å². The zero-order chi connectivity index (χ0) is 20.5. The van der Waals surface area contributed by atoms with Crippen LogP contribution in [0.2, 0.25) is 0 Å². The Morgan fingerprint density at radius 2 is 1.72 bits per heavy atom. The van der Waals surface area contributed by atoms with Crippen molar-refractivity contribution in [2.45, 2.75) is 33.6 Å². The van der Waals surface area contributed by atoms with E-state index in [1.54, 1.807) is 0 Å². The van der Waals surface area contributed by atoms with Gasteiger partial charge in [0.25, 0.3) is 0 Å². The maximum atomic E-state index is 9.43. The summed E-state index contributed by atoms with van der Waals surface area (Å²) in [5.41, 5.74) is 15.9. The van der Waals surface area contributed by atoms with E-state index in [0.29, 0.717) is 5.56 Å². The first-order valence-corrected chi connectivity index (χ1v) is 10.1. The Morgan fingerprint density at radius 1 is 0.931 bits per heavy atom. The molecule has 1 aromatic heterocycles. The van der Waals surface area contributed by atoms with E-state index in [4.69, 9.17) is 5.73 Å². The Balaban J connectivity index is 2.02. The number of fused-ring (bicyclic) bond motifs is 1. The van der Waals surface area contributed by atoms with Crippen molar-refractivity contribution in [1.29, 1.82) is 5.26 Å². The van der Waals surface area contributed by atoms with Gasteiger partial charge >= 0.3 is 0 Å². The molecule has 0 spiro atoms. The first-order chi connectivity index (χ1) is 14.1. The number of hydrogen-bond acceptors (Lipinski definition) is 2. The average molecular weight is 380 g/mol. The van der Waals surface area contributed by atoms with Crippen LogP contribution in [0.4, 0.5) is 5.69 Å². The van der Waals surface area contributed by atoms with E-state index < -0.39 is 0 Å². The largest absolute Gasteiger partial charge is 0.398 e. The highest BCUT2D eigenvalue weighted by atomic mass is 15.0. The fourth-order valence-corrected chi connectivity index (χ4v) is 4.11. The van der Waals surface area contributed by atoms with Crippen molar-refractivity contribution in [2.75, 3.05) is 5.73 Å². The second-order valence-electron chi connectivity index (χ2n) is 7.44. The molecule has 0 aliphatic rings. The van der Waals surface area contributed by atoms with Gasteiger partial charge in [-0.05, 0) is 78.4 Å². The minimum atomic E-state index is 0.661. The second-order valence-corrected chi connectivity index (χ2v) is 7.44. The third kappa shape index (κ3) is 3.17. The molecular formula is C26H25N3. The fourth-order valence-electron chi connectivity index (χ4n) is 4.11. The maximum Gasteiger partial charge on any atom is 0.0991 e. The minimum Gasteiger partial charge on any atom is -0.398 e. The van der Waals surface area contributed by atoms with Gasteiger partial charge in [0.15, 0.2) is 0 Å². The molecule has 3 heteroatoms. The van der Waals surface area contributed by atoms with Crippen LogP contribution in [-0.2, 0) is 12.8 Å². The molecule has 0 aliphatic carbocycles. The van der Waals surface area contributed by atoms with Crippen molar-refractivity contribution in [3.8, 4) is 22.9 Å². The molecule has 2 N–H and O–H groups in total. The van der Waals surface area contributed by atoms with Crippen LogP contribution in [0.3, 0.4) is 0 Å². The lowest BCUT2D eigenvalue weighted by Gasteiger charge is -2.11. The summed E-state index contributed by atoms with van der Waals surface area (Å²) < 4.78 is 2.23. The van der Waals surface area contributed by atoms with Gasteiger partial charge < -0.3 is 10.3 Å². The summed E-state index contributed by atoms with van der Waals surface area (Å²) in [5, 5.41) is 10.5. The van der Waals surface area contributed by atoms with Gasteiger partial charge in [0, 0.05) is 28.5 Å². The Labute approximate surface area is 172 Å². The van der Waals surface area contributed by atoms with E-state index in [0.717, 1.165) is 51.8 Å². The summed E-state index contributed by atoms with van der Waals surface area (Å²) in [6.45, 7) is 6.45. The molecule has 0 radical (unpaired) electrons. The quantitative estimate of drug-likeness (QED) is 0.430. The number of benzene rings is 3. The second kappa shape index (κ2) is 7.48. The number of nitrogen functional groups attached to an aromatic ring is 1. The van der Waals surface area contributed by atoms with E-state index in [2.05, 4.69) is 54.9 Å². The SMILES string of the molecule is CCc1ccc(-n2cc(-c3cccc(N)c3C)c3cc(C#N)ccc32)cc1CC. The third-order valence-corrected chi connectivity index (χ3v) is 5.83. The summed E-state index contributed by atoms with van der Waals surface area (Å²) in [6.07, 6.45) is 4.22. The number of anilines is 1. The molecule has 0 saturated heterocycles. The van der Waals surface area contributed by atoms with Crippen LogP contribution in [0.1, 0.15) is 36.1 Å². The van der Waals surface area contributed by atoms with Crippen LogP contribution in [0, 0.1) is 18.3 Å². The van der Waals surface area contributed by atoms with Crippen molar-refractivity contribution >= 4 is 16.6 Å². The molecule has 4 aromatic rings. The number of hydrogen-bond donors (Lipinski definition) is 1. The number of aromatic nitrogens is 1. The molecule has 29 heavy (non-hydrogen) atoms. The van der Waals surface area contributed by atoms with Crippen LogP contribution in [-0.4, -0.2) is 4.57 Å². The van der Waals surface area contributed by atoms with Crippen LogP contribution < -0.4 is 5.73 Å². The molecule has 3 nitrogen and oxygen atoms in total. The first-order valence-electron chi connectivity index (χ1n) is 10.1. The van der Waals surface area contributed by atoms with Crippen LogP contribution in [0.5, 0.6) is 0 Å². The molecule has 1 heterocycles. The van der Waals surface area contributed by atoms with Crippen LogP contribution >= 0.6 is 0 Å². The molecule has 4 rings (SSSR count). The van der Waals surface area contributed by atoms with Gasteiger partial charge in [-0.15, -0.1) is 0 Å². The predicted octanol–water partition coefficient (Wildman–Crippen LogP) is 6.18. The standard InChI is InChI=1S/C26H25N3/c1-4-19-10-11-21(14-20(19)5-2)29-16-24(22-7-6-8-25(28)17(22)3)23-13-18(15-27)9-12-26(23)29/h6-14,16H,4-5,28H2,1-3H3. The molecule has 0 amide bonds. The number of nitriles is 1. The normalized spacial score (nSPS) is 11.0.